The molecule has 4 heteroatoms. The molecule has 0 saturated heterocycles. The molecule has 17 heavy (non-hydrogen) atoms. The summed E-state index contributed by atoms with van der Waals surface area (Å²) >= 11 is 1.58. The fraction of sp³-hybridized carbons (Fsp3) is 0. The lowest BCUT2D eigenvalue weighted by atomic mass is 10.3. The second kappa shape index (κ2) is 4.43. The molecule has 0 spiro atoms. The Bertz CT molecular complexity index is 625. The minimum Gasteiger partial charge on any atom is -0.255 e. The Kier molecular flexibility index (Phi) is 2.63. The summed E-state index contributed by atoms with van der Waals surface area (Å²) in [6, 6.07) is 13.8. The third-order valence-corrected chi connectivity index (χ3v) is 3.22. The van der Waals surface area contributed by atoms with E-state index in [1.807, 2.05) is 42.5 Å². The van der Waals surface area contributed by atoms with Crippen LogP contribution in [-0.4, -0.2) is 16.2 Å². The summed E-state index contributed by atoms with van der Waals surface area (Å²) in [4.78, 5) is 12.9. The van der Waals surface area contributed by atoms with Crippen LogP contribution >= 0.6 is 11.3 Å². The molecule has 0 fully saturated rings. The minimum absolute atomic E-state index is 0.761. The largest absolute Gasteiger partial charge is 0.255 e. The molecule has 2 heterocycles. The van der Waals surface area contributed by atoms with Crippen molar-refractivity contribution in [3.63, 3.8) is 0 Å². The van der Waals surface area contributed by atoms with Gasteiger partial charge in [-0.2, -0.15) is 0 Å². The van der Waals surface area contributed by atoms with E-state index in [2.05, 4.69) is 15.0 Å². The number of benzene rings is 1. The van der Waals surface area contributed by atoms with Gasteiger partial charge in [0.2, 0.25) is 5.13 Å². The van der Waals surface area contributed by atoms with Gasteiger partial charge in [0.15, 0.2) is 0 Å². The molecule has 82 valence electrons. The number of pyridine rings is 1. The maximum Gasteiger partial charge on any atom is 0.210 e. The van der Waals surface area contributed by atoms with Crippen LogP contribution in [0.1, 0.15) is 5.69 Å². The molecule has 3 rings (SSSR count). The molecular weight excluding hydrogens is 230 g/mol. The number of rotatable bonds is 2. The minimum atomic E-state index is 0.761. The molecule has 0 unspecified atom stereocenters. The monoisotopic (exact) mass is 239 g/mol. The van der Waals surface area contributed by atoms with Crippen LogP contribution in [0.15, 0.2) is 53.7 Å². The van der Waals surface area contributed by atoms with E-state index >= 15 is 0 Å². The van der Waals surface area contributed by atoms with Crippen molar-refractivity contribution in [2.75, 3.05) is 0 Å². The molecular formula is C13H9N3S. The van der Waals surface area contributed by atoms with Crippen LogP contribution in [0.3, 0.4) is 0 Å². The number of thiazole rings is 1. The highest BCUT2D eigenvalue weighted by atomic mass is 32.1. The first-order chi connectivity index (χ1) is 8.42. The van der Waals surface area contributed by atoms with Crippen molar-refractivity contribution >= 4 is 32.9 Å². The average Bonchev–Trinajstić information content (AvgIpc) is 2.80. The van der Waals surface area contributed by atoms with Gasteiger partial charge in [-0.1, -0.05) is 29.5 Å². The molecule has 0 N–H and O–H groups in total. The quantitative estimate of drug-likeness (QED) is 0.642. The number of fused-ring (bicyclic) bond motifs is 1. The zero-order valence-corrected chi connectivity index (χ0v) is 9.76. The summed E-state index contributed by atoms with van der Waals surface area (Å²) in [6.45, 7) is 0. The Hall–Kier alpha value is -2.07. The Balaban J connectivity index is 1.92. The van der Waals surface area contributed by atoms with Crippen molar-refractivity contribution < 1.29 is 0 Å². The van der Waals surface area contributed by atoms with Crippen LogP contribution in [0.5, 0.6) is 0 Å². The number of hydrogen-bond acceptors (Lipinski definition) is 4. The summed E-state index contributed by atoms with van der Waals surface area (Å²) in [5, 5.41) is 0.761. The second-order valence-electron chi connectivity index (χ2n) is 3.48. The number of aromatic nitrogens is 2. The van der Waals surface area contributed by atoms with Gasteiger partial charge in [-0.05, 0) is 24.3 Å². The first-order valence-corrected chi connectivity index (χ1v) is 6.04. The van der Waals surface area contributed by atoms with E-state index in [1.54, 1.807) is 23.7 Å². The van der Waals surface area contributed by atoms with Crippen molar-refractivity contribution in [3.05, 3.63) is 54.4 Å². The predicted octanol–water partition coefficient (Wildman–Crippen LogP) is 3.44. The second-order valence-corrected chi connectivity index (χ2v) is 4.49. The summed E-state index contributed by atoms with van der Waals surface area (Å²) in [5.41, 5.74) is 1.83. The van der Waals surface area contributed by atoms with Gasteiger partial charge in [0.05, 0.1) is 22.1 Å². The Morgan fingerprint density at radius 2 is 1.94 bits per heavy atom. The molecule has 3 nitrogen and oxygen atoms in total. The summed E-state index contributed by atoms with van der Waals surface area (Å²) < 4.78 is 1.15. The van der Waals surface area contributed by atoms with E-state index in [0.717, 1.165) is 21.0 Å². The topological polar surface area (TPSA) is 38.1 Å². The van der Waals surface area contributed by atoms with Gasteiger partial charge in [0.25, 0.3) is 0 Å². The number of aliphatic imine (C=N–C) groups is 1. The van der Waals surface area contributed by atoms with E-state index < -0.39 is 0 Å². The smallest absolute Gasteiger partial charge is 0.210 e. The average molecular weight is 239 g/mol. The van der Waals surface area contributed by atoms with Crippen LogP contribution < -0.4 is 0 Å². The normalized spacial score (nSPS) is 11.3. The van der Waals surface area contributed by atoms with Crippen molar-refractivity contribution in [2.24, 2.45) is 4.99 Å². The van der Waals surface area contributed by atoms with E-state index in [9.17, 15) is 0 Å². The zero-order chi connectivity index (χ0) is 11.5. The first kappa shape index (κ1) is 10.1. The molecule has 0 aliphatic carbocycles. The van der Waals surface area contributed by atoms with Crippen LogP contribution in [0.2, 0.25) is 0 Å². The van der Waals surface area contributed by atoms with Gasteiger partial charge in [-0.25, -0.2) is 9.98 Å². The number of hydrogen-bond donors (Lipinski definition) is 0. The molecule has 0 amide bonds. The molecule has 0 radical (unpaired) electrons. The Labute approximate surface area is 103 Å². The molecule has 2 aromatic heterocycles. The van der Waals surface area contributed by atoms with Crippen molar-refractivity contribution in [2.45, 2.75) is 0 Å². The lowest BCUT2D eigenvalue weighted by molar-refractivity contribution is 1.30. The van der Waals surface area contributed by atoms with E-state index in [0.29, 0.717) is 0 Å². The summed E-state index contributed by atoms with van der Waals surface area (Å²) in [6.07, 6.45) is 3.48. The Morgan fingerprint density at radius 1 is 1.06 bits per heavy atom. The molecule has 0 aliphatic heterocycles. The highest BCUT2D eigenvalue weighted by Gasteiger charge is 2.00. The highest BCUT2D eigenvalue weighted by Crippen LogP contribution is 2.27. The number of para-hydroxylation sites is 1. The zero-order valence-electron chi connectivity index (χ0n) is 8.95. The van der Waals surface area contributed by atoms with E-state index in [4.69, 9.17) is 0 Å². The molecule has 3 aromatic rings. The maximum absolute atomic E-state index is 4.42. The molecule has 0 atom stereocenters. The van der Waals surface area contributed by atoms with Gasteiger partial charge in [0, 0.05) is 6.20 Å². The lowest BCUT2D eigenvalue weighted by Crippen LogP contribution is -1.83. The van der Waals surface area contributed by atoms with Crippen LogP contribution in [0, 0.1) is 0 Å². The van der Waals surface area contributed by atoms with Crippen molar-refractivity contribution in [1.82, 2.24) is 9.97 Å². The van der Waals surface area contributed by atoms with Crippen molar-refractivity contribution in [1.29, 1.82) is 0 Å². The third kappa shape index (κ3) is 2.21. The molecule has 1 aromatic carbocycles. The first-order valence-electron chi connectivity index (χ1n) is 5.22. The summed E-state index contributed by atoms with van der Waals surface area (Å²) in [7, 11) is 0. The Morgan fingerprint density at radius 3 is 2.76 bits per heavy atom. The fourth-order valence-electron chi connectivity index (χ4n) is 1.49. The molecule has 0 bridgehead atoms. The lowest BCUT2D eigenvalue weighted by Gasteiger charge is -1.87. The van der Waals surface area contributed by atoms with Gasteiger partial charge >= 0.3 is 0 Å². The summed E-state index contributed by atoms with van der Waals surface area (Å²) in [5.74, 6) is 0. The predicted molar refractivity (Wildman–Crippen MR) is 71.1 cm³/mol. The fourth-order valence-corrected chi connectivity index (χ4v) is 2.30. The van der Waals surface area contributed by atoms with Gasteiger partial charge in [0.1, 0.15) is 0 Å². The highest BCUT2D eigenvalue weighted by molar-refractivity contribution is 7.22. The van der Waals surface area contributed by atoms with Gasteiger partial charge < -0.3 is 0 Å². The van der Waals surface area contributed by atoms with E-state index in [1.165, 1.54) is 0 Å². The SMILES string of the molecule is C(=N\c1nc2ccccc2s1)/c1ccccn1. The van der Waals surface area contributed by atoms with E-state index in [-0.39, 0.29) is 0 Å². The van der Waals surface area contributed by atoms with Gasteiger partial charge in [-0.15, -0.1) is 0 Å². The molecule has 0 aliphatic rings. The maximum atomic E-state index is 4.42. The van der Waals surface area contributed by atoms with Crippen LogP contribution in [0.25, 0.3) is 10.2 Å². The molecule has 0 saturated carbocycles. The van der Waals surface area contributed by atoms with Crippen LogP contribution in [-0.2, 0) is 0 Å². The van der Waals surface area contributed by atoms with Crippen molar-refractivity contribution in [3.8, 4) is 0 Å². The number of nitrogens with zero attached hydrogens (tertiary/aromatic N) is 3. The van der Waals surface area contributed by atoms with Gasteiger partial charge in [-0.3, -0.25) is 4.98 Å². The van der Waals surface area contributed by atoms with Crippen LogP contribution in [0.4, 0.5) is 5.13 Å². The standard InChI is InChI=1S/C13H9N3S/c1-2-7-12-11(6-1)16-13(17-12)15-9-10-5-3-4-8-14-10/h1-9H/b15-9+. The third-order valence-electron chi connectivity index (χ3n) is 2.28.